The van der Waals surface area contributed by atoms with E-state index in [1.807, 2.05) is 0 Å². The van der Waals surface area contributed by atoms with Crippen molar-refractivity contribution in [2.24, 2.45) is 5.73 Å². The number of amides is 3. The van der Waals surface area contributed by atoms with Gasteiger partial charge >= 0.3 is 11.9 Å². The maximum absolute atomic E-state index is 12.3. The lowest BCUT2D eigenvalue weighted by Gasteiger charge is -2.22. The van der Waals surface area contributed by atoms with Gasteiger partial charge in [0.05, 0.1) is 12.5 Å². The smallest absolute Gasteiger partial charge is 0.326 e. The Kier molecular flexibility index (Phi) is 12.3. The Morgan fingerprint density at radius 3 is 2.04 bits per heavy atom. The maximum Gasteiger partial charge on any atom is 0.326 e. The van der Waals surface area contributed by atoms with Crippen LogP contribution in [0.5, 0.6) is 0 Å². The summed E-state index contributed by atoms with van der Waals surface area (Å²) in [6, 6.07) is -4.78. The van der Waals surface area contributed by atoms with Gasteiger partial charge in [0, 0.05) is 5.75 Å². The van der Waals surface area contributed by atoms with Crippen LogP contribution in [0.3, 0.4) is 0 Å². The monoisotopic (exact) mass is 438 g/mol. The fourth-order valence-electron chi connectivity index (χ4n) is 1.91. The van der Waals surface area contributed by atoms with Gasteiger partial charge in [-0.1, -0.05) is 0 Å². The van der Waals surface area contributed by atoms with E-state index < -0.39 is 60.2 Å². The molecule has 0 aliphatic carbocycles. The number of hydrogen-bond acceptors (Lipinski definition) is 8. The molecule has 0 radical (unpaired) electrons. The van der Waals surface area contributed by atoms with Crippen LogP contribution in [0.25, 0.3) is 0 Å². The SMILES string of the molecule is CSCCC(NC(=O)C(C)NC(=O)C(CC(=O)O)NC(=O)C(N)CS)C(=O)O. The number of thioether (sulfide) groups is 1. The third-order valence-corrected chi connectivity index (χ3v) is 4.56. The van der Waals surface area contributed by atoms with Crippen molar-refractivity contribution in [1.29, 1.82) is 0 Å². The molecule has 160 valence electrons. The van der Waals surface area contributed by atoms with E-state index in [1.54, 1.807) is 6.26 Å². The zero-order valence-electron chi connectivity index (χ0n) is 15.5. The molecule has 0 saturated carbocycles. The number of aliphatic carboxylic acids is 2. The molecule has 0 fully saturated rings. The first-order valence-electron chi connectivity index (χ1n) is 8.24. The third kappa shape index (κ3) is 9.80. The number of hydrogen-bond donors (Lipinski definition) is 7. The van der Waals surface area contributed by atoms with Crippen LogP contribution in [-0.4, -0.2) is 81.8 Å². The van der Waals surface area contributed by atoms with Gasteiger partial charge in [-0.05, 0) is 25.4 Å². The largest absolute Gasteiger partial charge is 0.481 e. The molecule has 0 aliphatic rings. The number of nitrogens with one attached hydrogen (secondary N) is 3. The second-order valence-corrected chi connectivity index (χ2v) is 7.21. The quantitative estimate of drug-likeness (QED) is 0.160. The molecule has 0 aromatic carbocycles. The van der Waals surface area contributed by atoms with Crippen molar-refractivity contribution in [3.8, 4) is 0 Å². The molecule has 13 heteroatoms. The van der Waals surface area contributed by atoms with E-state index in [2.05, 4.69) is 28.6 Å². The first-order chi connectivity index (χ1) is 13.0. The van der Waals surface area contributed by atoms with E-state index in [0.29, 0.717) is 5.75 Å². The van der Waals surface area contributed by atoms with E-state index in [0.717, 1.165) is 0 Å². The first-order valence-corrected chi connectivity index (χ1v) is 10.3. The highest BCUT2D eigenvalue weighted by Gasteiger charge is 2.29. The summed E-state index contributed by atoms with van der Waals surface area (Å²) >= 11 is 5.27. The molecule has 3 amide bonds. The first kappa shape index (κ1) is 26.0. The minimum atomic E-state index is -1.46. The lowest BCUT2D eigenvalue weighted by atomic mass is 10.1. The lowest BCUT2D eigenvalue weighted by Crippen LogP contribution is -2.57. The number of carboxylic acids is 2. The molecule has 0 spiro atoms. The van der Waals surface area contributed by atoms with Crippen LogP contribution in [0.2, 0.25) is 0 Å². The van der Waals surface area contributed by atoms with Crippen molar-refractivity contribution in [3.63, 3.8) is 0 Å². The van der Waals surface area contributed by atoms with Crippen molar-refractivity contribution in [2.45, 2.75) is 43.9 Å². The molecule has 0 bridgehead atoms. The summed E-state index contributed by atoms with van der Waals surface area (Å²) in [5.74, 6) is -4.50. The predicted octanol–water partition coefficient (Wildman–Crippen LogP) is -1.97. The van der Waals surface area contributed by atoms with E-state index in [-0.39, 0.29) is 12.2 Å². The average Bonchev–Trinajstić information content (AvgIpc) is 2.62. The van der Waals surface area contributed by atoms with Crippen LogP contribution < -0.4 is 21.7 Å². The summed E-state index contributed by atoms with van der Waals surface area (Å²) in [6.45, 7) is 1.31. The summed E-state index contributed by atoms with van der Waals surface area (Å²) in [7, 11) is 0. The van der Waals surface area contributed by atoms with Crippen LogP contribution in [0.1, 0.15) is 19.8 Å². The molecule has 0 rings (SSSR count). The predicted molar refractivity (Wildman–Crippen MR) is 106 cm³/mol. The molecule has 0 aliphatic heterocycles. The van der Waals surface area contributed by atoms with E-state index in [4.69, 9.17) is 15.9 Å². The standard InChI is InChI=1S/C15H26N4O7S2/c1-7(12(22)18-9(15(25)26)3-4-28-2)17-14(24)10(5-11(20)21)19-13(23)8(16)6-27/h7-10,27H,3-6,16H2,1-2H3,(H,17,24)(H,18,22)(H,19,23)(H,20,21)(H,25,26). The van der Waals surface area contributed by atoms with Gasteiger partial charge in [0.25, 0.3) is 0 Å². The maximum atomic E-state index is 12.3. The number of nitrogens with two attached hydrogens (primary N) is 1. The molecule has 7 N–H and O–H groups in total. The van der Waals surface area contributed by atoms with Crippen LogP contribution >= 0.6 is 24.4 Å². The molecule has 28 heavy (non-hydrogen) atoms. The zero-order chi connectivity index (χ0) is 21.9. The minimum absolute atomic E-state index is 0.0152. The summed E-state index contributed by atoms with van der Waals surface area (Å²) < 4.78 is 0. The van der Waals surface area contributed by atoms with Crippen LogP contribution in [0.15, 0.2) is 0 Å². The van der Waals surface area contributed by atoms with Crippen molar-refractivity contribution < 1.29 is 34.2 Å². The van der Waals surface area contributed by atoms with E-state index in [1.165, 1.54) is 18.7 Å². The molecule has 4 atom stereocenters. The van der Waals surface area contributed by atoms with E-state index >= 15 is 0 Å². The van der Waals surface area contributed by atoms with Crippen LogP contribution in [0, 0.1) is 0 Å². The topological polar surface area (TPSA) is 188 Å². The highest BCUT2D eigenvalue weighted by molar-refractivity contribution is 7.98. The lowest BCUT2D eigenvalue weighted by molar-refractivity contribution is -0.143. The van der Waals surface area contributed by atoms with Crippen molar-refractivity contribution >= 4 is 54.1 Å². The Labute approximate surface area is 172 Å². The van der Waals surface area contributed by atoms with Gasteiger partial charge in [-0.3, -0.25) is 19.2 Å². The molecule has 4 unspecified atom stereocenters. The molecular formula is C15H26N4O7S2. The van der Waals surface area contributed by atoms with Gasteiger partial charge < -0.3 is 31.9 Å². The third-order valence-electron chi connectivity index (χ3n) is 3.52. The normalized spacial score (nSPS) is 14.9. The van der Waals surface area contributed by atoms with Gasteiger partial charge in [0.2, 0.25) is 17.7 Å². The average molecular weight is 439 g/mol. The number of carboxylic acid groups (broad SMARTS) is 2. The number of carbonyl (C=O) groups excluding carboxylic acids is 3. The van der Waals surface area contributed by atoms with Crippen molar-refractivity contribution in [3.05, 3.63) is 0 Å². The van der Waals surface area contributed by atoms with E-state index in [9.17, 15) is 24.0 Å². The number of rotatable bonds is 13. The van der Waals surface area contributed by atoms with Crippen LogP contribution in [-0.2, 0) is 24.0 Å². The van der Waals surface area contributed by atoms with Gasteiger partial charge in [0.15, 0.2) is 0 Å². The number of carbonyl (C=O) groups is 5. The molecule has 0 saturated heterocycles. The highest BCUT2D eigenvalue weighted by atomic mass is 32.2. The summed E-state index contributed by atoms with van der Waals surface area (Å²) in [5, 5.41) is 24.8. The van der Waals surface area contributed by atoms with Gasteiger partial charge in [-0.25, -0.2) is 4.79 Å². The second kappa shape index (κ2) is 13.2. The van der Waals surface area contributed by atoms with Gasteiger partial charge in [-0.15, -0.1) is 0 Å². The Bertz CT molecular complexity index is 591. The molecule has 11 nitrogen and oxygen atoms in total. The van der Waals surface area contributed by atoms with Crippen LogP contribution in [0.4, 0.5) is 0 Å². The molecular weight excluding hydrogens is 412 g/mol. The Balaban J connectivity index is 4.97. The number of thiol groups is 1. The Hall–Kier alpha value is -1.99. The second-order valence-electron chi connectivity index (χ2n) is 5.86. The minimum Gasteiger partial charge on any atom is -0.481 e. The Morgan fingerprint density at radius 2 is 1.57 bits per heavy atom. The fraction of sp³-hybridized carbons (Fsp3) is 0.667. The molecule has 0 aromatic rings. The molecule has 0 aromatic heterocycles. The highest BCUT2D eigenvalue weighted by Crippen LogP contribution is 2.02. The summed E-state index contributed by atoms with van der Waals surface area (Å²) in [6.07, 6.45) is 1.26. The zero-order valence-corrected chi connectivity index (χ0v) is 17.2. The molecule has 0 heterocycles. The summed E-state index contributed by atoms with van der Waals surface area (Å²) in [4.78, 5) is 58.4. The Morgan fingerprint density at radius 1 is 1.00 bits per heavy atom. The van der Waals surface area contributed by atoms with Gasteiger partial charge in [-0.2, -0.15) is 24.4 Å². The van der Waals surface area contributed by atoms with Gasteiger partial charge in [0.1, 0.15) is 18.1 Å². The van der Waals surface area contributed by atoms with Crippen molar-refractivity contribution in [2.75, 3.05) is 17.8 Å². The summed E-state index contributed by atoms with van der Waals surface area (Å²) in [5.41, 5.74) is 5.48. The van der Waals surface area contributed by atoms with Crippen molar-refractivity contribution in [1.82, 2.24) is 16.0 Å². The fourth-order valence-corrected chi connectivity index (χ4v) is 2.55.